The Morgan fingerprint density at radius 1 is 1.50 bits per heavy atom. The van der Waals surface area contributed by atoms with Gasteiger partial charge < -0.3 is 15.4 Å². The first kappa shape index (κ1) is 14.6. The van der Waals surface area contributed by atoms with Crippen LogP contribution in [0.2, 0.25) is 0 Å². The number of aliphatic carboxylic acids is 1. The maximum atomic E-state index is 12.3. The first-order valence-corrected chi connectivity index (χ1v) is 7.05. The summed E-state index contributed by atoms with van der Waals surface area (Å²) in [6, 6.07) is -0.243. The van der Waals surface area contributed by atoms with Crippen molar-refractivity contribution in [1.29, 1.82) is 0 Å². The molecule has 6 nitrogen and oxygen atoms in total. The van der Waals surface area contributed by atoms with E-state index >= 15 is 0 Å². The Morgan fingerprint density at radius 3 is 2.75 bits per heavy atom. The van der Waals surface area contributed by atoms with E-state index in [-0.39, 0.29) is 11.9 Å². The second-order valence-corrected chi connectivity index (χ2v) is 5.50. The molecular formula is C14H21N3O3. The summed E-state index contributed by atoms with van der Waals surface area (Å²) < 4.78 is 0. The number of nitrogens with one attached hydrogen (secondary N) is 2. The van der Waals surface area contributed by atoms with Crippen molar-refractivity contribution in [3.63, 3.8) is 0 Å². The summed E-state index contributed by atoms with van der Waals surface area (Å²) >= 11 is 0. The number of carboxylic acids is 1. The van der Waals surface area contributed by atoms with Gasteiger partial charge in [0.25, 0.3) is 0 Å². The molecule has 110 valence electrons. The second-order valence-electron chi connectivity index (χ2n) is 5.50. The standard InChI is InChI=1S/C14H21N3O3/c1-3-9-6-10(11(7-9)14(19)20)13(18)17-8(2)12-15-4-5-16-12/h4-5,8-11H,3,6-7H2,1-2H3,(H,15,16)(H,17,18)(H,19,20). The van der Waals surface area contributed by atoms with Crippen molar-refractivity contribution in [2.24, 2.45) is 17.8 Å². The molecule has 0 aromatic carbocycles. The molecule has 4 atom stereocenters. The zero-order chi connectivity index (χ0) is 14.7. The topological polar surface area (TPSA) is 95.1 Å². The zero-order valence-corrected chi connectivity index (χ0v) is 11.8. The Bertz CT molecular complexity index is 472. The van der Waals surface area contributed by atoms with E-state index in [1.807, 2.05) is 13.8 Å². The monoisotopic (exact) mass is 279 g/mol. The van der Waals surface area contributed by atoms with E-state index in [1.54, 1.807) is 12.4 Å². The molecule has 1 aliphatic carbocycles. The smallest absolute Gasteiger partial charge is 0.307 e. The molecule has 3 N–H and O–H groups in total. The van der Waals surface area contributed by atoms with E-state index in [2.05, 4.69) is 15.3 Å². The molecule has 0 saturated heterocycles. The number of rotatable bonds is 5. The molecule has 0 bridgehead atoms. The fourth-order valence-electron chi connectivity index (χ4n) is 2.94. The van der Waals surface area contributed by atoms with Crippen molar-refractivity contribution in [2.75, 3.05) is 0 Å². The largest absolute Gasteiger partial charge is 0.481 e. The summed E-state index contributed by atoms with van der Waals surface area (Å²) in [7, 11) is 0. The number of nitrogens with zero attached hydrogens (tertiary/aromatic N) is 1. The van der Waals surface area contributed by atoms with Gasteiger partial charge in [-0.1, -0.05) is 13.3 Å². The molecule has 4 unspecified atom stereocenters. The number of imidazole rings is 1. The molecule has 1 amide bonds. The Balaban J connectivity index is 2.02. The van der Waals surface area contributed by atoms with Crippen LogP contribution >= 0.6 is 0 Å². The normalized spacial score (nSPS) is 27.2. The number of H-pyrrole nitrogens is 1. The summed E-state index contributed by atoms with van der Waals surface area (Å²) in [5, 5.41) is 12.1. The molecule has 1 aromatic rings. The van der Waals surface area contributed by atoms with Crippen molar-refractivity contribution in [3.05, 3.63) is 18.2 Å². The van der Waals surface area contributed by atoms with Gasteiger partial charge in [-0.3, -0.25) is 9.59 Å². The van der Waals surface area contributed by atoms with E-state index in [1.165, 1.54) is 0 Å². The number of aromatic amines is 1. The highest BCUT2D eigenvalue weighted by Crippen LogP contribution is 2.38. The molecular weight excluding hydrogens is 258 g/mol. The minimum Gasteiger partial charge on any atom is -0.481 e. The Labute approximate surface area is 118 Å². The SMILES string of the molecule is CCC1CC(C(=O)O)C(C(=O)NC(C)c2ncc[nH]2)C1. The lowest BCUT2D eigenvalue weighted by Gasteiger charge is -2.18. The van der Waals surface area contributed by atoms with Gasteiger partial charge in [-0.25, -0.2) is 4.98 Å². The predicted molar refractivity (Wildman–Crippen MR) is 72.8 cm³/mol. The van der Waals surface area contributed by atoms with Crippen LogP contribution in [0, 0.1) is 17.8 Å². The van der Waals surface area contributed by atoms with Crippen LogP contribution in [-0.4, -0.2) is 27.0 Å². The first-order chi connectivity index (χ1) is 9.52. The molecule has 0 radical (unpaired) electrons. The molecule has 1 aliphatic rings. The Kier molecular flexibility index (Phi) is 4.42. The lowest BCUT2D eigenvalue weighted by molar-refractivity contribution is -0.146. The van der Waals surface area contributed by atoms with Crippen LogP contribution in [-0.2, 0) is 9.59 Å². The number of carboxylic acid groups (broad SMARTS) is 1. The number of carbonyl (C=O) groups excluding carboxylic acids is 1. The van der Waals surface area contributed by atoms with Crippen LogP contribution < -0.4 is 5.32 Å². The minimum absolute atomic E-state index is 0.183. The van der Waals surface area contributed by atoms with Crippen molar-refractivity contribution in [1.82, 2.24) is 15.3 Å². The lowest BCUT2D eigenvalue weighted by Crippen LogP contribution is -2.37. The predicted octanol–water partition coefficient (Wildman–Crippen LogP) is 1.72. The maximum absolute atomic E-state index is 12.3. The molecule has 1 heterocycles. The Hall–Kier alpha value is -1.85. The number of carbonyl (C=O) groups is 2. The van der Waals surface area contributed by atoms with Gasteiger partial charge in [0.05, 0.1) is 17.9 Å². The third-order valence-corrected chi connectivity index (χ3v) is 4.18. The quantitative estimate of drug-likeness (QED) is 0.764. The minimum atomic E-state index is -0.869. The van der Waals surface area contributed by atoms with Crippen LogP contribution in [0.25, 0.3) is 0 Å². The van der Waals surface area contributed by atoms with Crippen LogP contribution in [0.5, 0.6) is 0 Å². The van der Waals surface area contributed by atoms with Gasteiger partial charge in [0.15, 0.2) is 0 Å². The van der Waals surface area contributed by atoms with Gasteiger partial charge in [0, 0.05) is 12.4 Å². The van der Waals surface area contributed by atoms with Crippen molar-refractivity contribution < 1.29 is 14.7 Å². The Morgan fingerprint density at radius 2 is 2.20 bits per heavy atom. The van der Waals surface area contributed by atoms with Crippen molar-refractivity contribution >= 4 is 11.9 Å². The third kappa shape index (κ3) is 3.00. The second kappa shape index (κ2) is 6.07. The third-order valence-electron chi connectivity index (χ3n) is 4.18. The van der Waals surface area contributed by atoms with Crippen molar-refractivity contribution in [3.8, 4) is 0 Å². The van der Waals surface area contributed by atoms with Crippen LogP contribution in [0.1, 0.15) is 45.0 Å². The number of aromatic nitrogens is 2. The number of amides is 1. The number of hydrogen-bond donors (Lipinski definition) is 3. The summed E-state index contributed by atoms with van der Waals surface area (Å²) in [4.78, 5) is 30.6. The van der Waals surface area contributed by atoms with E-state index < -0.39 is 17.8 Å². The summed E-state index contributed by atoms with van der Waals surface area (Å²) in [5.74, 6) is -1.05. The van der Waals surface area contributed by atoms with Gasteiger partial charge in [-0.2, -0.15) is 0 Å². The fourth-order valence-corrected chi connectivity index (χ4v) is 2.94. The van der Waals surface area contributed by atoms with Gasteiger partial charge >= 0.3 is 5.97 Å². The fraction of sp³-hybridized carbons (Fsp3) is 0.643. The lowest BCUT2D eigenvalue weighted by atomic mass is 9.95. The summed E-state index contributed by atoms with van der Waals surface area (Å²) in [6.45, 7) is 3.87. The average Bonchev–Trinajstić information content (AvgIpc) is 3.07. The van der Waals surface area contributed by atoms with E-state index in [4.69, 9.17) is 0 Å². The van der Waals surface area contributed by atoms with Gasteiger partial charge in [0.2, 0.25) is 5.91 Å². The highest BCUT2D eigenvalue weighted by molar-refractivity contribution is 5.85. The van der Waals surface area contributed by atoms with Crippen LogP contribution in [0.4, 0.5) is 0 Å². The molecule has 6 heteroatoms. The van der Waals surface area contributed by atoms with Crippen LogP contribution in [0.15, 0.2) is 12.4 Å². The van der Waals surface area contributed by atoms with Crippen molar-refractivity contribution in [2.45, 2.75) is 39.2 Å². The van der Waals surface area contributed by atoms with E-state index in [9.17, 15) is 14.7 Å². The van der Waals surface area contributed by atoms with Crippen LogP contribution in [0.3, 0.4) is 0 Å². The number of hydrogen-bond acceptors (Lipinski definition) is 3. The molecule has 0 aliphatic heterocycles. The summed E-state index contributed by atoms with van der Waals surface area (Å²) in [5.41, 5.74) is 0. The molecule has 1 aromatic heterocycles. The maximum Gasteiger partial charge on any atom is 0.307 e. The molecule has 1 fully saturated rings. The molecule has 20 heavy (non-hydrogen) atoms. The summed E-state index contributed by atoms with van der Waals surface area (Å²) in [6.07, 6.45) is 5.49. The van der Waals surface area contributed by atoms with E-state index in [0.717, 1.165) is 6.42 Å². The highest BCUT2D eigenvalue weighted by Gasteiger charge is 2.42. The average molecular weight is 279 g/mol. The van der Waals surface area contributed by atoms with E-state index in [0.29, 0.717) is 24.6 Å². The van der Waals surface area contributed by atoms with Gasteiger partial charge in [-0.05, 0) is 25.7 Å². The molecule has 1 saturated carbocycles. The molecule has 2 rings (SSSR count). The zero-order valence-electron chi connectivity index (χ0n) is 11.8. The first-order valence-electron chi connectivity index (χ1n) is 7.05. The van der Waals surface area contributed by atoms with Gasteiger partial charge in [0.1, 0.15) is 5.82 Å². The molecule has 0 spiro atoms. The highest BCUT2D eigenvalue weighted by atomic mass is 16.4. The van der Waals surface area contributed by atoms with Gasteiger partial charge in [-0.15, -0.1) is 0 Å².